The lowest BCUT2D eigenvalue weighted by Crippen LogP contribution is -2.32. The molecule has 0 spiro atoms. The minimum absolute atomic E-state index is 0.0297. The number of nitrogens with one attached hydrogen (secondary N) is 1. The summed E-state index contributed by atoms with van der Waals surface area (Å²) < 4.78 is 0. The first-order chi connectivity index (χ1) is 11.4. The van der Waals surface area contributed by atoms with Crippen LogP contribution < -0.4 is 10.2 Å². The Morgan fingerprint density at radius 1 is 0.917 bits per heavy atom. The van der Waals surface area contributed by atoms with Gasteiger partial charge in [-0.05, 0) is 36.8 Å². The van der Waals surface area contributed by atoms with Gasteiger partial charge in [0, 0.05) is 5.69 Å². The van der Waals surface area contributed by atoms with Crippen molar-refractivity contribution in [3.8, 4) is 0 Å². The van der Waals surface area contributed by atoms with Gasteiger partial charge < -0.3 is 5.32 Å². The Morgan fingerprint density at radius 2 is 1.62 bits per heavy atom. The molecule has 1 aliphatic rings. The SMILES string of the molecule is Cc1ccccc1NC1=C(Cl)C(=O)N(c2ccc(Cl)c(Cl)c2)C1=O. The average molecular weight is 382 g/mol. The summed E-state index contributed by atoms with van der Waals surface area (Å²) >= 11 is 17.9. The van der Waals surface area contributed by atoms with Crippen molar-refractivity contribution in [1.82, 2.24) is 0 Å². The van der Waals surface area contributed by atoms with E-state index in [1.54, 1.807) is 6.07 Å². The van der Waals surface area contributed by atoms with Gasteiger partial charge in [0.15, 0.2) is 0 Å². The second-order valence-electron chi connectivity index (χ2n) is 5.17. The lowest BCUT2D eigenvalue weighted by atomic mass is 10.2. The van der Waals surface area contributed by atoms with Crippen LogP contribution in [0.1, 0.15) is 5.56 Å². The summed E-state index contributed by atoms with van der Waals surface area (Å²) in [5, 5.41) is 3.34. The molecule has 7 heteroatoms. The molecule has 0 radical (unpaired) electrons. The van der Waals surface area contributed by atoms with Gasteiger partial charge in [0.1, 0.15) is 10.7 Å². The molecule has 0 aliphatic carbocycles. The summed E-state index contributed by atoms with van der Waals surface area (Å²) in [4.78, 5) is 26.0. The Morgan fingerprint density at radius 3 is 2.29 bits per heavy atom. The molecule has 1 N–H and O–H groups in total. The summed E-state index contributed by atoms with van der Waals surface area (Å²) in [5.41, 5.74) is 1.95. The maximum absolute atomic E-state index is 12.7. The van der Waals surface area contributed by atoms with E-state index in [1.807, 2.05) is 25.1 Å². The second-order valence-corrected chi connectivity index (χ2v) is 6.37. The zero-order chi connectivity index (χ0) is 17.4. The quantitative estimate of drug-likeness (QED) is 0.781. The van der Waals surface area contributed by atoms with Crippen LogP contribution in [0.3, 0.4) is 0 Å². The van der Waals surface area contributed by atoms with Gasteiger partial charge in [-0.3, -0.25) is 9.59 Å². The number of aryl methyl sites for hydroxylation is 1. The van der Waals surface area contributed by atoms with Crippen LogP contribution in [0.15, 0.2) is 53.2 Å². The van der Waals surface area contributed by atoms with Crippen LogP contribution in [-0.2, 0) is 9.59 Å². The molecule has 0 aromatic heterocycles. The largest absolute Gasteiger partial charge is 0.349 e. The normalized spacial score (nSPS) is 14.6. The summed E-state index contributed by atoms with van der Waals surface area (Å²) in [5.74, 6) is -1.16. The number of carbonyl (C=O) groups excluding carboxylic acids is 2. The van der Waals surface area contributed by atoms with Crippen LogP contribution in [0.4, 0.5) is 11.4 Å². The number of hydrogen-bond donors (Lipinski definition) is 1. The van der Waals surface area contributed by atoms with E-state index >= 15 is 0 Å². The van der Waals surface area contributed by atoms with E-state index in [0.717, 1.165) is 10.5 Å². The average Bonchev–Trinajstić information content (AvgIpc) is 2.76. The predicted molar refractivity (Wildman–Crippen MR) is 96.6 cm³/mol. The van der Waals surface area contributed by atoms with Gasteiger partial charge in [-0.15, -0.1) is 0 Å². The molecule has 1 aliphatic heterocycles. The van der Waals surface area contributed by atoms with Crippen LogP contribution in [0, 0.1) is 6.92 Å². The number of para-hydroxylation sites is 1. The molecule has 0 bridgehead atoms. The van der Waals surface area contributed by atoms with E-state index in [4.69, 9.17) is 34.8 Å². The van der Waals surface area contributed by atoms with Crippen LogP contribution in [0.2, 0.25) is 10.0 Å². The molecular formula is C17H11Cl3N2O2. The van der Waals surface area contributed by atoms with Gasteiger partial charge in [-0.2, -0.15) is 0 Å². The lowest BCUT2D eigenvalue weighted by Gasteiger charge is -2.16. The smallest absolute Gasteiger partial charge is 0.283 e. The van der Waals surface area contributed by atoms with Gasteiger partial charge in [0.25, 0.3) is 11.8 Å². The Balaban J connectivity index is 1.95. The molecule has 0 saturated carbocycles. The lowest BCUT2D eigenvalue weighted by molar-refractivity contribution is -0.120. The van der Waals surface area contributed by atoms with Crippen molar-refractivity contribution in [2.45, 2.75) is 6.92 Å². The molecule has 2 aromatic carbocycles. The molecule has 2 amide bonds. The predicted octanol–water partition coefficient (Wildman–Crippen LogP) is 4.74. The third-order valence-electron chi connectivity index (χ3n) is 3.59. The van der Waals surface area contributed by atoms with Gasteiger partial charge in [0.05, 0.1) is 15.7 Å². The summed E-state index contributed by atoms with van der Waals surface area (Å²) in [6.45, 7) is 1.88. The fourth-order valence-corrected chi connectivity index (χ4v) is 2.82. The molecule has 4 nitrogen and oxygen atoms in total. The molecule has 0 unspecified atom stereocenters. The first-order valence-electron chi connectivity index (χ1n) is 6.96. The highest BCUT2D eigenvalue weighted by molar-refractivity contribution is 6.53. The highest BCUT2D eigenvalue weighted by Gasteiger charge is 2.39. The minimum Gasteiger partial charge on any atom is -0.349 e. The third-order valence-corrected chi connectivity index (χ3v) is 4.68. The fraction of sp³-hybridized carbons (Fsp3) is 0.0588. The van der Waals surface area contributed by atoms with E-state index in [-0.39, 0.29) is 15.8 Å². The van der Waals surface area contributed by atoms with Crippen molar-refractivity contribution in [3.05, 3.63) is 68.8 Å². The van der Waals surface area contributed by atoms with Gasteiger partial charge in [-0.25, -0.2) is 4.90 Å². The molecule has 0 fully saturated rings. The Hall–Kier alpha value is -2.01. The summed E-state index contributed by atoms with van der Waals surface area (Å²) in [7, 11) is 0. The fourth-order valence-electron chi connectivity index (χ4n) is 2.32. The Bertz CT molecular complexity index is 893. The molecule has 3 rings (SSSR count). The zero-order valence-corrected chi connectivity index (χ0v) is 14.7. The first-order valence-corrected chi connectivity index (χ1v) is 8.10. The standard InChI is InChI=1S/C17H11Cl3N2O2/c1-9-4-2-3-5-13(9)21-15-14(20)16(23)22(17(15)24)10-6-7-11(18)12(19)8-10/h2-8,21H,1H3. The number of nitrogens with zero attached hydrogens (tertiary/aromatic N) is 1. The van der Waals surface area contributed by atoms with E-state index in [9.17, 15) is 9.59 Å². The number of anilines is 2. The van der Waals surface area contributed by atoms with Crippen LogP contribution in [-0.4, -0.2) is 11.8 Å². The maximum atomic E-state index is 12.7. The highest BCUT2D eigenvalue weighted by atomic mass is 35.5. The van der Waals surface area contributed by atoms with Crippen molar-refractivity contribution in [2.75, 3.05) is 10.2 Å². The number of carbonyl (C=O) groups is 2. The monoisotopic (exact) mass is 380 g/mol. The van der Waals surface area contributed by atoms with Gasteiger partial charge >= 0.3 is 0 Å². The number of hydrogen-bond acceptors (Lipinski definition) is 3. The van der Waals surface area contributed by atoms with Crippen LogP contribution >= 0.6 is 34.8 Å². The molecular weight excluding hydrogens is 371 g/mol. The Labute approximate surface area is 153 Å². The van der Waals surface area contributed by atoms with E-state index in [2.05, 4.69) is 5.32 Å². The molecule has 2 aromatic rings. The maximum Gasteiger partial charge on any atom is 0.283 e. The van der Waals surface area contributed by atoms with Crippen LogP contribution in [0.25, 0.3) is 0 Å². The first kappa shape index (κ1) is 16.8. The number of amides is 2. The molecule has 0 atom stereocenters. The molecule has 122 valence electrons. The zero-order valence-electron chi connectivity index (χ0n) is 12.4. The summed E-state index contributed by atoms with van der Waals surface area (Å²) in [6.07, 6.45) is 0. The van der Waals surface area contributed by atoms with E-state index < -0.39 is 11.8 Å². The number of imide groups is 1. The summed E-state index contributed by atoms with van der Waals surface area (Å²) in [6, 6.07) is 11.9. The second kappa shape index (κ2) is 6.48. The third kappa shape index (κ3) is 2.88. The highest BCUT2D eigenvalue weighted by Crippen LogP contribution is 2.33. The minimum atomic E-state index is -0.615. The van der Waals surface area contributed by atoms with Crippen LogP contribution in [0.5, 0.6) is 0 Å². The topological polar surface area (TPSA) is 49.4 Å². The molecule has 1 heterocycles. The molecule has 0 saturated heterocycles. The molecule has 24 heavy (non-hydrogen) atoms. The Kier molecular flexibility index (Phi) is 4.54. The number of halogens is 3. The van der Waals surface area contributed by atoms with Crippen molar-refractivity contribution in [2.24, 2.45) is 0 Å². The van der Waals surface area contributed by atoms with Crippen molar-refractivity contribution >= 4 is 58.0 Å². The van der Waals surface area contributed by atoms with E-state index in [0.29, 0.717) is 16.4 Å². The number of rotatable bonds is 3. The van der Waals surface area contributed by atoms with Gasteiger partial charge in [-0.1, -0.05) is 53.0 Å². The number of benzene rings is 2. The van der Waals surface area contributed by atoms with Crippen molar-refractivity contribution < 1.29 is 9.59 Å². The van der Waals surface area contributed by atoms with Crippen molar-refractivity contribution in [1.29, 1.82) is 0 Å². The van der Waals surface area contributed by atoms with Gasteiger partial charge in [0.2, 0.25) is 0 Å². The van der Waals surface area contributed by atoms with Crippen molar-refractivity contribution in [3.63, 3.8) is 0 Å². The van der Waals surface area contributed by atoms with E-state index in [1.165, 1.54) is 18.2 Å².